The van der Waals surface area contributed by atoms with Crippen LogP contribution >= 0.6 is 11.6 Å². The highest BCUT2D eigenvalue weighted by atomic mass is 35.5. The first-order chi connectivity index (χ1) is 9.61. The van der Waals surface area contributed by atoms with Crippen molar-refractivity contribution in [2.45, 2.75) is 6.54 Å². The fourth-order valence-electron chi connectivity index (χ4n) is 1.73. The summed E-state index contributed by atoms with van der Waals surface area (Å²) in [6.45, 7) is 0.425. The van der Waals surface area contributed by atoms with Crippen LogP contribution in [-0.2, 0) is 6.54 Å². The number of carbonyl (C=O) groups is 1. The lowest BCUT2D eigenvalue weighted by atomic mass is 10.2. The molecule has 5 nitrogen and oxygen atoms in total. The molecule has 0 spiro atoms. The average Bonchev–Trinajstić information content (AvgIpc) is 2.49. The molecule has 1 amide bonds. The maximum Gasteiger partial charge on any atom is 0.274 e. The molecular formula is C14H15ClN4O. The van der Waals surface area contributed by atoms with Gasteiger partial charge in [0.15, 0.2) is 5.69 Å². The summed E-state index contributed by atoms with van der Waals surface area (Å²) in [6.07, 6.45) is 0. The first kappa shape index (κ1) is 14.3. The fourth-order valence-corrected chi connectivity index (χ4v) is 1.92. The normalized spacial score (nSPS) is 10.2. The Balaban J connectivity index is 2.10. The van der Waals surface area contributed by atoms with Gasteiger partial charge in [-0.1, -0.05) is 29.8 Å². The van der Waals surface area contributed by atoms with Crippen LogP contribution in [0, 0.1) is 0 Å². The van der Waals surface area contributed by atoms with Gasteiger partial charge in [0.25, 0.3) is 5.91 Å². The van der Waals surface area contributed by atoms with E-state index >= 15 is 0 Å². The number of nitrogens with one attached hydrogen (secondary N) is 1. The monoisotopic (exact) mass is 290 g/mol. The molecule has 0 saturated carbocycles. The minimum absolute atomic E-state index is 0.194. The van der Waals surface area contributed by atoms with E-state index in [0.29, 0.717) is 23.1 Å². The summed E-state index contributed by atoms with van der Waals surface area (Å²) < 4.78 is 0. The van der Waals surface area contributed by atoms with Crippen molar-refractivity contribution < 1.29 is 4.79 Å². The Bertz CT molecular complexity index is 600. The number of aromatic nitrogens is 2. The summed E-state index contributed by atoms with van der Waals surface area (Å²) in [5, 5.41) is 11.3. The lowest BCUT2D eigenvalue weighted by Gasteiger charge is -2.17. The Morgan fingerprint density at radius 3 is 2.60 bits per heavy atom. The Kier molecular flexibility index (Phi) is 4.53. The molecule has 0 unspecified atom stereocenters. The van der Waals surface area contributed by atoms with Crippen LogP contribution in [0.2, 0.25) is 5.02 Å². The summed E-state index contributed by atoms with van der Waals surface area (Å²) in [7, 11) is 3.45. The van der Waals surface area contributed by atoms with Crippen LogP contribution in [0.1, 0.15) is 16.1 Å². The topological polar surface area (TPSA) is 58.1 Å². The summed E-state index contributed by atoms with van der Waals surface area (Å²) in [6, 6.07) is 10.8. The Hall–Kier alpha value is -2.14. The van der Waals surface area contributed by atoms with Gasteiger partial charge in [0.1, 0.15) is 5.82 Å². The Labute approximate surface area is 122 Å². The summed E-state index contributed by atoms with van der Waals surface area (Å²) in [5.74, 6) is 0.426. The zero-order valence-electron chi connectivity index (χ0n) is 11.3. The van der Waals surface area contributed by atoms with Gasteiger partial charge in [0.05, 0.1) is 0 Å². The molecule has 0 saturated heterocycles. The second kappa shape index (κ2) is 6.34. The number of rotatable bonds is 4. The lowest BCUT2D eigenvalue weighted by molar-refractivity contribution is 0.0778. The van der Waals surface area contributed by atoms with E-state index in [0.717, 1.165) is 5.56 Å². The largest absolute Gasteiger partial charge is 0.372 e. The van der Waals surface area contributed by atoms with E-state index < -0.39 is 0 Å². The highest BCUT2D eigenvalue weighted by Crippen LogP contribution is 2.17. The molecule has 1 heterocycles. The standard InChI is InChI=1S/C14H15ClN4O/c1-16-13-8-7-12(17-18-13)14(20)19(2)9-10-5-3-4-6-11(10)15/h3-8H,9H2,1-2H3,(H,16,18). The first-order valence-corrected chi connectivity index (χ1v) is 6.50. The van der Waals surface area contributed by atoms with Gasteiger partial charge < -0.3 is 10.2 Å². The van der Waals surface area contributed by atoms with Gasteiger partial charge in [-0.3, -0.25) is 4.79 Å². The van der Waals surface area contributed by atoms with Gasteiger partial charge in [-0.25, -0.2) is 0 Å². The van der Waals surface area contributed by atoms with Gasteiger partial charge in [-0.15, -0.1) is 10.2 Å². The summed E-state index contributed by atoms with van der Waals surface area (Å²) in [4.78, 5) is 13.8. The predicted octanol–water partition coefficient (Wildman–Crippen LogP) is 2.44. The van der Waals surface area contributed by atoms with Gasteiger partial charge in [-0.05, 0) is 23.8 Å². The zero-order valence-corrected chi connectivity index (χ0v) is 12.1. The molecule has 0 radical (unpaired) electrons. The van der Waals surface area contributed by atoms with Crippen molar-refractivity contribution in [2.75, 3.05) is 19.4 Å². The molecule has 2 rings (SSSR count). The molecule has 0 aliphatic carbocycles. The molecule has 1 N–H and O–H groups in total. The average molecular weight is 291 g/mol. The fraction of sp³-hybridized carbons (Fsp3) is 0.214. The van der Waals surface area contributed by atoms with Crippen LogP contribution in [0.25, 0.3) is 0 Å². The third-order valence-corrected chi connectivity index (χ3v) is 3.22. The minimum Gasteiger partial charge on any atom is -0.372 e. The number of amides is 1. The molecule has 20 heavy (non-hydrogen) atoms. The molecule has 1 aromatic heterocycles. The third kappa shape index (κ3) is 3.24. The van der Waals surface area contributed by atoms with Gasteiger partial charge in [-0.2, -0.15) is 0 Å². The minimum atomic E-state index is -0.194. The van der Waals surface area contributed by atoms with Crippen LogP contribution in [0.3, 0.4) is 0 Å². The van der Waals surface area contributed by atoms with Gasteiger partial charge in [0, 0.05) is 25.7 Å². The van der Waals surface area contributed by atoms with Crippen LogP contribution in [0.5, 0.6) is 0 Å². The van der Waals surface area contributed by atoms with E-state index in [4.69, 9.17) is 11.6 Å². The van der Waals surface area contributed by atoms with E-state index in [1.54, 1.807) is 37.2 Å². The van der Waals surface area contributed by atoms with Gasteiger partial charge >= 0.3 is 0 Å². The molecule has 0 atom stereocenters. The van der Waals surface area contributed by atoms with E-state index in [1.165, 1.54) is 0 Å². The summed E-state index contributed by atoms with van der Waals surface area (Å²) >= 11 is 6.08. The molecule has 0 aliphatic heterocycles. The maximum atomic E-state index is 12.2. The number of hydrogen-bond acceptors (Lipinski definition) is 4. The molecular weight excluding hydrogens is 276 g/mol. The first-order valence-electron chi connectivity index (χ1n) is 6.12. The molecule has 6 heteroatoms. The van der Waals surface area contributed by atoms with Crippen molar-refractivity contribution in [1.82, 2.24) is 15.1 Å². The van der Waals surface area contributed by atoms with Crippen molar-refractivity contribution in [3.63, 3.8) is 0 Å². The highest BCUT2D eigenvalue weighted by Gasteiger charge is 2.15. The van der Waals surface area contributed by atoms with Crippen molar-refractivity contribution in [1.29, 1.82) is 0 Å². The number of halogens is 1. The van der Waals surface area contributed by atoms with Crippen molar-refractivity contribution in [2.24, 2.45) is 0 Å². The molecule has 0 bridgehead atoms. The zero-order chi connectivity index (χ0) is 14.5. The highest BCUT2D eigenvalue weighted by molar-refractivity contribution is 6.31. The predicted molar refractivity (Wildman–Crippen MR) is 78.8 cm³/mol. The number of nitrogens with zero attached hydrogens (tertiary/aromatic N) is 3. The van der Waals surface area contributed by atoms with E-state index in [9.17, 15) is 4.79 Å². The van der Waals surface area contributed by atoms with Crippen LogP contribution in [-0.4, -0.2) is 35.1 Å². The maximum absolute atomic E-state index is 12.2. The van der Waals surface area contributed by atoms with E-state index in [2.05, 4.69) is 15.5 Å². The van der Waals surface area contributed by atoms with Crippen LogP contribution in [0.15, 0.2) is 36.4 Å². The Morgan fingerprint density at radius 1 is 1.25 bits per heavy atom. The molecule has 0 fully saturated rings. The number of hydrogen-bond donors (Lipinski definition) is 1. The van der Waals surface area contributed by atoms with Gasteiger partial charge in [0.2, 0.25) is 0 Å². The van der Waals surface area contributed by atoms with Crippen molar-refractivity contribution >= 4 is 23.3 Å². The smallest absolute Gasteiger partial charge is 0.274 e. The van der Waals surface area contributed by atoms with E-state index in [1.807, 2.05) is 18.2 Å². The second-order valence-electron chi connectivity index (χ2n) is 4.31. The van der Waals surface area contributed by atoms with Crippen LogP contribution in [0.4, 0.5) is 5.82 Å². The Morgan fingerprint density at radius 2 is 2.00 bits per heavy atom. The molecule has 2 aromatic rings. The molecule has 104 valence electrons. The molecule has 1 aromatic carbocycles. The number of carbonyl (C=O) groups excluding carboxylic acids is 1. The quantitative estimate of drug-likeness (QED) is 0.940. The summed E-state index contributed by atoms with van der Waals surface area (Å²) in [5.41, 5.74) is 1.20. The SMILES string of the molecule is CNc1ccc(C(=O)N(C)Cc2ccccc2Cl)nn1. The van der Waals surface area contributed by atoms with Crippen molar-refractivity contribution in [3.05, 3.63) is 52.7 Å². The molecule has 0 aliphatic rings. The second-order valence-corrected chi connectivity index (χ2v) is 4.71. The lowest BCUT2D eigenvalue weighted by Crippen LogP contribution is -2.27. The van der Waals surface area contributed by atoms with Crippen molar-refractivity contribution in [3.8, 4) is 0 Å². The number of benzene rings is 1. The van der Waals surface area contributed by atoms with Crippen LogP contribution < -0.4 is 5.32 Å². The third-order valence-electron chi connectivity index (χ3n) is 2.85. The number of anilines is 1. The van der Waals surface area contributed by atoms with E-state index in [-0.39, 0.29) is 5.91 Å².